The summed E-state index contributed by atoms with van der Waals surface area (Å²) in [6.07, 6.45) is 3.38. The Morgan fingerprint density at radius 2 is 1.94 bits per heavy atom. The molecule has 2 aliphatic heterocycles. The van der Waals surface area contributed by atoms with Gasteiger partial charge in [0.1, 0.15) is 41.4 Å². The largest absolute Gasteiger partial charge is 0.468 e. The lowest BCUT2D eigenvalue weighted by Crippen LogP contribution is -2.43. The Kier molecular flexibility index (Phi) is 10.6. The van der Waals surface area contributed by atoms with Crippen LogP contribution < -0.4 is 14.4 Å². The second-order valence-electron chi connectivity index (χ2n) is 13.4. The molecule has 0 saturated carbocycles. The highest BCUT2D eigenvalue weighted by Gasteiger charge is 2.49. The summed E-state index contributed by atoms with van der Waals surface area (Å²) in [5.41, 5.74) is 0.0991. The minimum absolute atomic E-state index is 0.0528. The average Bonchev–Trinajstić information content (AvgIpc) is 3.64. The first kappa shape index (κ1) is 36.2. The minimum atomic E-state index is -0.958. The molecule has 6 rings (SSSR count). The number of rotatable bonds is 13. The Bertz CT molecular complexity index is 1960. The zero-order valence-electron chi connectivity index (χ0n) is 29.6. The van der Waals surface area contributed by atoms with Gasteiger partial charge >= 0.3 is 6.01 Å². The van der Waals surface area contributed by atoms with Crippen LogP contribution in [0.25, 0.3) is 32.9 Å². The van der Waals surface area contributed by atoms with Gasteiger partial charge in [-0.3, -0.25) is 24.4 Å². The van der Waals surface area contributed by atoms with Crippen LogP contribution in [0, 0.1) is 11.6 Å². The van der Waals surface area contributed by atoms with Gasteiger partial charge in [0.2, 0.25) is 11.8 Å². The van der Waals surface area contributed by atoms with E-state index in [4.69, 9.17) is 14.2 Å². The van der Waals surface area contributed by atoms with Crippen molar-refractivity contribution in [3.05, 3.63) is 47.7 Å². The number of hydrogen-bond acceptors (Lipinski definition) is 10. The standard InChI is InChI=1S/C37H43F3N6O5/c1-6-26-29(39)11-10-23-15-25(51-21-49-5)16-27(31(23)26)33-32(40)34-28(18-41-33)35(44(3)13-7-9-30(48)45(4)22(2)47)43-36(42-34)50-20-37-12-8-14-46(37)19-24(38)17-37/h10-11,15-16,18,24H,6-9,12-14,17,19-21H2,1-5H3/t24-,37+/m1/s1. The van der Waals surface area contributed by atoms with Gasteiger partial charge in [-0.25, -0.2) is 13.2 Å². The molecule has 2 atom stereocenters. The smallest absolute Gasteiger partial charge is 0.319 e. The van der Waals surface area contributed by atoms with Crippen LogP contribution in [-0.4, -0.2) is 103 Å². The number of pyridine rings is 1. The first-order valence-electron chi connectivity index (χ1n) is 17.2. The van der Waals surface area contributed by atoms with E-state index < -0.39 is 23.3 Å². The fourth-order valence-corrected chi connectivity index (χ4v) is 7.36. The lowest BCUT2D eigenvalue weighted by atomic mass is 9.94. The first-order chi connectivity index (χ1) is 24.5. The number of benzene rings is 2. The molecule has 0 radical (unpaired) electrons. The third kappa shape index (κ3) is 7.16. The number of hydrogen-bond donors (Lipinski definition) is 0. The summed E-state index contributed by atoms with van der Waals surface area (Å²) in [6.45, 7) is 4.68. The van der Waals surface area contributed by atoms with Crippen molar-refractivity contribution >= 4 is 39.3 Å². The van der Waals surface area contributed by atoms with Gasteiger partial charge in [0.25, 0.3) is 0 Å². The molecule has 11 nitrogen and oxygen atoms in total. The number of alkyl halides is 1. The third-order valence-corrected chi connectivity index (χ3v) is 10.1. The lowest BCUT2D eigenvalue weighted by Gasteiger charge is -2.31. The summed E-state index contributed by atoms with van der Waals surface area (Å²) in [7, 11) is 4.67. The molecule has 0 bridgehead atoms. The molecule has 4 aromatic rings. The Morgan fingerprint density at radius 3 is 2.69 bits per heavy atom. The van der Waals surface area contributed by atoms with Crippen LogP contribution in [0.5, 0.6) is 11.8 Å². The maximum Gasteiger partial charge on any atom is 0.319 e. The van der Waals surface area contributed by atoms with E-state index >= 15 is 8.78 Å². The Hall–Kier alpha value is -4.56. The van der Waals surface area contributed by atoms with Crippen LogP contribution in [0.1, 0.15) is 51.5 Å². The number of methoxy groups -OCH3 is 1. The number of nitrogens with zero attached hydrogens (tertiary/aromatic N) is 6. The van der Waals surface area contributed by atoms with Gasteiger partial charge in [-0.05, 0) is 66.8 Å². The van der Waals surface area contributed by atoms with Crippen LogP contribution in [-0.2, 0) is 20.7 Å². The number of anilines is 1. The van der Waals surface area contributed by atoms with E-state index in [0.29, 0.717) is 71.2 Å². The first-order valence-corrected chi connectivity index (χ1v) is 17.2. The fraction of sp³-hybridized carbons (Fsp3) is 0.486. The van der Waals surface area contributed by atoms with Crippen molar-refractivity contribution in [2.75, 3.05) is 59.1 Å². The van der Waals surface area contributed by atoms with E-state index in [1.165, 1.54) is 33.3 Å². The predicted molar refractivity (Wildman–Crippen MR) is 187 cm³/mol. The second-order valence-corrected chi connectivity index (χ2v) is 13.4. The molecule has 0 aliphatic carbocycles. The highest BCUT2D eigenvalue weighted by atomic mass is 19.1. The Balaban J connectivity index is 1.44. The highest BCUT2D eigenvalue weighted by Crippen LogP contribution is 2.42. The molecular weight excluding hydrogens is 665 g/mol. The quantitative estimate of drug-likeness (QED) is 0.157. The number of carbonyl (C=O) groups excluding carboxylic acids is 2. The minimum Gasteiger partial charge on any atom is -0.468 e. The van der Waals surface area contributed by atoms with Crippen molar-refractivity contribution in [1.29, 1.82) is 0 Å². The number of aryl methyl sites for hydroxylation is 1. The Morgan fingerprint density at radius 1 is 1.14 bits per heavy atom. The Labute approximate surface area is 294 Å². The van der Waals surface area contributed by atoms with Gasteiger partial charge in [0, 0.05) is 65.8 Å². The van der Waals surface area contributed by atoms with Crippen molar-refractivity contribution in [2.45, 2.75) is 64.1 Å². The normalized spacial score (nSPS) is 18.7. The van der Waals surface area contributed by atoms with Crippen molar-refractivity contribution < 1.29 is 37.0 Å². The average molecular weight is 709 g/mol. The summed E-state index contributed by atoms with van der Waals surface area (Å²) >= 11 is 0. The maximum absolute atomic E-state index is 17.0. The van der Waals surface area contributed by atoms with Crippen LogP contribution in [0.3, 0.4) is 0 Å². The van der Waals surface area contributed by atoms with E-state index in [2.05, 4.69) is 19.9 Å². The summed E-state index contributed by atoms with van der Waals surface area (Å²) in [5.74, 6) is -1.16. The topological polar surface area (TPSA) is 110 Å². The number of fused-ring (bicyclic) bond motifs is 3. The van der Waals surface area contributed by atoms with Crippen molar-refractivity contribution in [1.82, 2.24) is 24.8 Å². The van der Waals surface area contributed by atoms with Gasteiger partial charge in [0.15, 0.2) is 12.6 Å². The summed E-state index contributed by atoms with van der Waals surface area (Å²) < 4.78 is 63.7. The van der Waals surface area contributed by atoms with Gasteiger partial charge in [-0.15, -0.1) is 0 Å². The molecule has 2 aromatic carbocycles. The number of halogens is 3. The SMILES string of the molecule is CCc1c(F)ccc2cc(OCOC)cc(-c3ncc4c(N(C)CCCC(=O)N(C)C(C)=O)nc(OC[C@@]56CCCN5C[C@H](F)C6)nc4c3F)c12. The van der Waals surface area contributed by atoms with E-state index in [9.17, 15) is 14.0 Å². The molecular formula is C37H43F3N6O5. The van der Waals surface area contributed by atoms with E-state index in [0.717, 1.165) is 24.3 Å². The molecule has 0 unspecified atom stereocenters. The van der Waals surface area contributed by atoms with Gasteiger partial charge < -0.3 is 19.1 Å². The van der Waals surface area contributed by atoms with Crippen LogP contribution >= 0.6 is 0 Å². The van der Waals surface area contributed by atoms with E-state index in [1.807, 2.05) is 6.92 Å². The predicted octanol–water partition coefficient (Wildman–Crippen LogP) is 5.84. The summed E-state index contributed by atoms with van der Waals surface area (Å²) in [6, 6.07) is 6.26. The maximum atomic E-state index is 17.0. The zero-order valence-corrected chi connectivity index (χ0v) is 29.6. The molecule has 0 spiro atoms. The molecule has 51 heavy (non-hydrogen) atoms. The van der Waals surface area contributed by atoms with Crippen LogP contribution in [0.15, 0.2) is 30.5 Å². The van der Waals surface area contributed by atoms with Crippen molar-refractivity contribution in [3.63, 3.8) is 0 Å². The molecule has 0 N–H and O–H groups in total. The third-order valence-electron chi connectivity index (χ3n) is 10.1. The van der Waals surface area contributed by atoms with E-state index in [-0.39, 0.29) is 48.9 Å². The molecule has 2 fully saturated rings. The summed E-state index contributed by atoms with van der Waals surface area (Å²) in [5, 5.41) is 1.43. The van der Waals surface area contributed by atoms with Crippen molar-refractivity contribution in [3.8, 4) is 23.0 Å². The van der Waals surface area contributed by atoms with E-state index in [1.54, 1.807) is 30.1 Å². The second kappa shape index (κ2) is 15.0. The van der Waals surface area contributed by atoms with Crippen LogP contribution in [0.2, 0.25) is 0 Å². The zero-order chi connectivity index (χ0) is 36.4. The number of amides is 2. The molecule has 2 saturated heterocycles. The number of ether oxygens (including phenoxy) is 3. The fourth-order valence-electron chi connectivity index (χ4n) is 7.36. The molecule has 2 aliphatic rings. The summed E-state index contributed by atoms with van der Waals surface area (Å²) in [4.78, 5) is 42.8. The number of carbonyl (C=O) groups is 2. The van der Waals surface area contributed by atoms with Crippen LogP contribution in [0.4, 0.5) is 19.0 Å². The number of aromatic nitrogens is 3. The van der Waals surface area contributed by atoms with Gasteiger partial charge in [0.05, 0.1) is 10.9 Å². The highest BCUT2D eigenvalue weighted by molar-refractivity contribution is 6.02. The molecule has 2 aromatic heterocycles. The van der Waals surface area contributed by atoms with Gasteiger partial charge in [-0.1, -0.05) is 13.0 Å². The van der Waals surface area contributed by atoms with Crippen molar-refractivity contribution in [2.24, 2.45) is 0 Å². The molecule has 14 heteroatoms. The molecule has 2 amide bonds. The molecule has 272 valence electrons. The number of imide groups is 1. The monoisotopic (exact) mass is 708 g/mol. The van der Waals surface area contributed by atoms with Gasteiger partial charge in [-0.2, -0.15) is 9.97 Å². The lowest BCUT2D eigenvalue weighted by molar-refractivity contribution is -0.141. The molecule has 4 heterocycles.